The van der Waals surface area contributed by atoms with E-state index in [1.807, 2.05) is 43.3 Å². The van der Waals surface area contributed by atoms with E-state index in [2.05, 4.69) is 10.2 Å². The topological polar surface area (TPSA) is 76.3 Å². The number of aromatic nitrogens is 2. The van der Waals surface area contributed by atoms with E-state index in [0.29, 0.717) is 18.7 Å². The van der Waals surface area contributed by atoms with Crippen molar-refractivity contribution in [1.82, 2.24) is 19.4 Å². The molecule has 1 amide bonds. The summed E-state index contributed by atoms with van der Waals surface area (Å²) in [6.45, 7) is 6.59. The Morgan fingerprint density at radius 3 is 2.19 bits per heavy atom. The van der Waals surface area contributed by atoms with Gasteiger partial charge in [0.2, 0.25) is 0 Å². The van der Waals surface area contributed by atoms with Crippen LogP contribution in [0.1, 0.15) is 42.1 Å². The molecular weight excluding hydrogens is 404 g/mol. The summed E-state index contributed by atoms with van der Waals surface area (Å²) in [6.07, 6.45) is 3.50. The summed E-state index contributed by atoms with van der Waals surface area (Å²) in [7, 11) is 0. The van der Waals surface area contributed by atoms with Crippen LogP contribution in [0.4, 0.5) is 0 Å². The third kappa shape index (κ3) is 4.67. The van der Waals surface area contributed by atoms with Gasteiger partial charge in [-0.25, -0.2) is 0 Å². The lowest BCUT2D eigenvalue weighted by Crippen LogP contribution is -2.41. The van der Waals surface area contributed by atoms with Crippen LogP contribution in [0.15, 0.2) is 58.1 Å². The monoisotopic (exact) mass is 434 g/mol. The lowest BCUT2D eigenvalue weighted by atomic mass is 10.1. The van der Waals surface area contributed by atoms with E-state index in [0.717, 1.165) is 29.6 Å². The van der Waals surface area contributed by atoms with E-state index < -0.39 is 11.1 Å². The zero-order valence-electron chi connectivity index (χ0n) is 18.5. The number of hydrogen-bond acceptors (Lipinski definition) is 4. The standard InChI is InChI=1S/C25H30N4O3/c1-2-28-21-8-3-4-9-22(21)29(25(32)24(28)31)18-19-10-12-20(13-11-19)23(30)26-14-7-17-27-15-5-6-16-27/h3-4,8-13H,2,5-7,14-18H2,1H3,(H,26,30). The smallest absolute Gasteiger partial charge is 0.317 e. The summed E-state index contributed by atoms with van der Waals surface area (Å²) < 4.78 is 3.02. The van der Waals surface area contributed by atoms with Gasteiger partial charge in [-0.3, -0.25) is 19.0 Å². The lowest BCUT2D eigenvalue weighted by Gasteiger charge is -2.15. The molecule has 32 heavy (non-hydrogen) atoms. The first-order valence-corrected chi connectivity index (χ1v) is 11.4. The normalized spacial score (nSPS) is 14.2. The van der Waals surface area contributed by atoms with Crippen LogP contribution in [0.25, 0.3) is 11.0 Å². The van der Waals surface area contributed by atoms with Crippen molar-refractivity contribution in [2.24, 2.45) is 0 Å². The summed E-state index contributed by atoms with van der Waals surface area (Å²) in [5, 5.41) is 2.98. The molecule has 1 N–H and O–H groups in total. The van der Waals surface area contributed by atoms with Crippen LogP contribution in [-0.4, -0.2) is 46.1 Å². The van der Waals surface area contributed by atoms with E-state index in [4.69, 9.17) is 0 Å². The molecule has 0 spiro atoms. The number of hydrogen-bond donors (Lipinski definition) is 1. The van der Waals surface area contributed by atoms with Gasteiger partial charge in [-0.2, -0.15) is 0 Å². The predicted molar refractivity (Wildman–Crippen MR) is 126 cm³/mol. The molecule has 1 aliphatic heterocycles. The highest BCUT2D eigenvalue weighted by Gasteiger charge is 2.13. The van der Waals surface area contributed by atoms with Crippen molar-refractivity contribution in [2.75, 3.05) is 26.2 Å². The Kier molecular flexibility index (Phi) is 6.85. The van der Waals surface area contributed by atoms with Crippen molar-refractivity contribution < 1.29 is 4.79 Å². The van der Waals surface area contributed by atoms with Gasteiger partial charge < -0.3 is 14.8 Å². The van der Waals surface area contributed by atoms with Crippen LogP contribution >= 0.6 is 0 Å². The molecule has 168 valence electrons. The molecule has 1 aromatic heterocycles. The average Bonchev–Trinajstić information content (AvgIpc) is 3.34. The fourth-order valence-electron chi connectivity index (χ4n) is 4.40. The molecule has 0 radical (unpaired) electrons. The molecule has 0 saturated carbocycles. The number of amides is 1. The molecule has 7 nitrogen and oxygen atoms in total. The van der Waals surface area contributed by atoms with E-state index in [1.54, 1.807) is 12.1 Å². The second-order valence-corrected chi connectivity index (χ2v) is 8.28. The first-order valence-electron chi connectivity index (χ1n) is 11.4. The molecule has 0 unspecified atom stereocenters. The fourth-order valence-corrected chi connectivity index (χ4v) is 4.40. The molecule has 0 bridgehead atoms. The van der Waals surface area contributed by atoms with Gasteiger partial charge >= 0.3 is 11.1 Å². The van der Waals surface area contributed by atoms with Crippen molar-refractivity contribution in [3.8, 4) is 0 Å². The number of para-hydroxylation sites is 2. The zero-order chi connectivity index (χ0) is 22.5. The Labute approximate surface area is 187 Å². The number of nitrogens with zero attached hydrogens (tertiary/aromatic N) is 3. The van der Waals surface area contributed by atoms with E-state index >= 15 is 0 Å². The Balaban J connectivity index is 1.44. The van der Waals surface area contributed by atoms with Gasteiger partial charge in [0.05, 0.1) is 17.6 Å². The van der Waals surface area contributed by atoms with E-state index in [1.165, 1.54) is 35.1 Å². The molecule has 1 fully saturated rings. The molecule has 0 aliphatic carbocycles. The summed E-state index contributed by atoms with van der Waals surface area (Å²) >= 11 is 0. The Hall–Kier alpha value is -3.19. The number of rotatable bonds is 8. The van der Waals surface area contributed by atoms with E-state index in [-0.39, 0.29) is 12.5 Å². The molecule has 1 aliphatic rings. The minimum atomic E-state index is -0.537. The van der Waals surface area contributed by atoms with Gasteiger partial charge in [-0.1, -0.05) is 24.3 Å². The van der Waals surface area contributed by atoms with Crippen molar-refractivity contribution in [3.05, 3.63) is 80.4 Å². The highest BCUT2D eigenvalue weighted by Crippen LogP contribution is 2.13. The summed E-state index contributed by atoms with van der Waals surface area (Å²) in [5.74, 6) is -0.0915. The number of fused-ring (bicyclic) bond motifs is 1. The zero-order valence-corrected chi connectivity index (χ0v) is 18.5. The SMILES string of the molecule is CCn1c(=O)c(=O)n(Cc2ccc(C(=O)NCCCN3CCCC3)cc2)c2ccccc21. The van der Waals surface area contributed by atoms with Crippen LogP contribution in [0.3, 0.4) is 0 Å². The van der Waals surface area contributed by atoms with Gasteiger partial charge in [0.25, 0.3) is 5.91 Å². The van der Waals surface area contributed by atoms with Crippen LogP contribution in [0, 0.1) is 0 Å². The second kappa shape index (κ2) is 9.96. The number of aryl methyl sites for hydroxylation is 1. The van der Waals surface area contributed by atoms with Gasteiger partial charge in [-0.15, -0.1) is 0 Å². The maximum atomic E-state index is 12.7. The summed E-state index contributed by atoms with van der Waals surface area (Å²) in [4.78, 5) is 40.2. The van der Waals surface area contributed by atoms with Gasteiger partial charge in [0.1, 0.15) is 0 Å². The molecular formula is C25H30N4O3. The third-order valence-corrected chi connectivity index (χ3v) is 6.14. The Bertz CT molecular complexity index is 1200. The van der Waals surface area contributed by atoms with Crippen molar-refractivity contribution in [3.63, 3.8) is 0 Å². The number of benzene rings is 2. The molecule has 0 atom stereocenters. The van der Waals surface area contributed by atoms with Crippen molar-refractivity contribution >= 4 is 16.9 Å². The maximum Gasteiger partial charge on any atom is 0.317 e. The quantitative estimate of drug-likeness (QED) is 0.437. The minimum absolute atomic E-state index is 0.0915. The molecule has 7 heteroatoms. The van der Waals surface area contributed by atoms with Crippen molar-refractivity contribution in [2.45, 2.75) is 39.3 Å². The largest absolute Gasteiger partial charge is 0.352 e. The first-order chi connectivity index (χ1) is 15.6. The van der Waals surface area contributed by atoms with Gasteiger partial charge in [-0.05, 0) is 75.6 Å². The molecule has 2 heterocycles. The highest BCUT2D eigenvalue weighted by atomic mass is 16.2. The predicted octanol–water partition coefficient (Wildman–Crippen LogP) is 2.45. The number of carbonyl (C=O) groups excluding carboxylic acids is 1. The highest BCUT2D eigenvalue weighted by molar-refractivity contribution is 5.94. The second-order valence-electron chi connectivity index (χ2n) is 8.28. The van der Waals surface area contributed by atoms with E-state index in [9.17, 15) is 14.4 Å². The van der Waals surface area contributed by atoms with Crippen LogP contribution in [-0.2, 0) is 13.1 Å². The Morgan fingerprint density at radius 1 is 0.906 bits per heavy atom. The van der Waals surface area contributed by atoms with Crippen LogP contribution in [0.2, 0.25) is 0 Å². The van der Waals surface area contributed by atoms with Crippen LogP contribution < -0.4 is 16.4 Å². The number of likely N-dealkylation sites (tertiary alicyclic amines) is 1. The first kappa shape index (κ1) is 22.0. The lowest BCUT2D eigenvalue weighted by molar-refractivity contribution is 0.0952. The summed E-state index contributed by atoms with van der Waals surface area (Å²) in [5.41, 5.74) is 1.86. The van der Waals surface area contributed by atoms with Gasteiger partial charge in [0, 0.05) is 18.7 Å². The number of carbonyl (C=O) groups is 1. The van der Waals surface area contributed by atoms with Crippen molar-refractivity contribution in [1.29, 1.82) is 0 Å². The average molecular weight is 435 g/mol. The number of nitrogens with one attached hydrogen (secondary N) is 1. The molecule has 4 rings (SSSR count). The third-order valence-electron chi connectivity index (χ3n) is 6.14. The summed E-state index contributed by atoms with van der Waals surface area (Å²) in [6, 6.07) is 14.6. The Morgan fingerprint density at radius 2 is 1.53 bits per heavy atom. The molecule has 1 saturated heterocycles. The fraction of sp³-hybridized carbons (Fsp3) is 0.400. The van der Waals surface area contributed by atoms with Gasteiger partial charge in [0.15, 0.2) is 0 Å². The molecule has 3 aromatic rings. The molecule has 2 aromatic carbocycles. The minimum Gasteiger partial charge on any atom is -0.352 e. The maximum absolute atomic E-state index is 12.7. The van der Waals surface area contributed by atoms with Crippen LogP contribution in [0.5, 0.6) is 0 Å².